The number of hydrogen-bond donors (Lipinski definition) is 1. The van der Waals surface area contributed by atoms with Crippen molar-refractivity contribution >= 4 is 22.7 Å². The molecule has 0 amide bonds. The fourth-order valence-electron chi connectivity index (χ4n) is 2.40. The van der Waals surface area contributed by atoms with Crippen LogP contribution in [0.1, 0.15) is 16.8 Å². The van der Waals surface area contributed by atoms with E-state index in [1.807, 2.05) is 30.3 Å². The van der Waals surface area contributed by atoms with E-state index in [1.165, 1.54) is 28.8 Å². The summed E-state index contributed by atoms with van der Waals surface area (Å²) in [6, 6.07) is 15.5. The number of halogens is 3. The average molecular weight is 372 g/mol. The maximum absolute atomic E-state index is 13.2. The zero-order valence-electron chi connectivity index (χ0n) is 13.2. The lowest BCUT2D eigenvalue weighted by atomic mass is 10.0. The number of aliphatic hydroxyl groups excluding tert-OH is 1. The van der Waals surface area contributed by atoms with E-state index in [2.05, 4.69) is 4.98 Å². The number of benzene rings is 2. The molecule has 0 radical (unpaired) electrons. The molecule has 1 heterocycles. The molecule has 0 aliphatic heterocycles. The Kier molecular flexibility index (Phi) is 4.78. The number of thiazole rings is 1. The van der Waals surface area contributed by atoms with Crippen molar-refractivity contribution in [3.8, 4) is 16.6 Å². The molecule has 0 aliphatic rings. The summed E-state index contributed by atoms with van der Waals surface area (Å²) in [4.78, 5) is 4.29. The van der Waals surface area contributed by atoms with Crippen LogP contribution in [0.25, 0.3) is 21.9 Å². The fourth-order valence-corrected chi connectivity index (χ4v) is 3.22. The monoisotopic (exact) mass is 372 g/mol. The van der Waals surface area contributed by atoms with E-state index in [0.717, 1.165) is 17.7 Å². The van der Waals surface area contributed by atoms with Gasteiger partial charge in [-0.05, 0) is 6.07 Å². The highest BCUT2D eigenvalue weighted by Crippen LogP contribution is 2.37. The molecule has 26 heavy (non-hydrogen) atoms. The molecule has 0 bridgehead atoms. The second kappa shape index (κ2) is 7.02. The molecule has 1 aromatic heterocycles. The van der Waals surface area contributed by atoms with Crippen LogP contribution in [0.2, 0.25) is 0 Å². The number of allylic oxidation sites excluding steroid dienone is 1. The number of aromatic nitrogens is 1. The minimum absolute atomic E-state index is 0.130. The third-order valence-electron chi connectivity index (χ3n) is 3.62. The second-order valence-electron chi connectivity index (χ2n) is 5.28. The van der Waals surface area contributed by atoms with Gasteiger partial charge >= 0.3 is 6.18 Å². The van der Waals surface area contributed by atoms with Crippen LogP contribution < -0.4 is 0 Å². The van der Waals surface area contributed by atoms with Gasteiger partial charge in [0.05, 0.1) is 11.3 Å². The first-order valence-corrected chi connectivity index (χ1v) is 8.31. The van der Waals surface area contributed by atoms with Crippen molar-refractivity contribution < 1.29 is 18.3 Å². The number of alkyl halides is 3. The summed E-state index contributed by atoms with van der Waals surface area (Å²) in [5, 5.41) is 21.9. The van der Waals surface area contributed by atoms with Gasteiger partial charge in [0, 0.05) is 16.5 Å². The smallest absolute Gasteiger partial charge is 0.417 e. The molecule has 2 aromatic carbocycles. The van der Waals surface area contributed by atoms with E-state index in [-0.39, 0.29) is 11.3 Å². The van der Waals surface area contributed by atoms with Crippen LogP contribution in [0, 0.1) is 11.3 Å². The summed E-state index contributed by atoms with van der Waals surface area (Å²) in [5.41, 5.74) is -0.822. The summed E-state index contributed by atoms with van der Waals surface area (Å²) in [7, 11) is 0. The molecule has 130 valence electrons. The fraction of sp³-hybridized carbons (Fsp3) is 0.0526. The lowest BCUT2D eigenvalue weighted by Crippen LogP contribution is -2.09. The lowest BCUT2D eigenvalue weighted by molar-refractivity contribution is -0.137. The highest BCUT2D eigenvalue weighted by molar-refractivity contribution is 7.13. The minimum Gasteiger partial charge on any atom is -0.506 e. The molecule has 7 heteroatoms. The number of nitriles is 1. The van der Waals surface area contributed by atoms with E-state index in [1.54, 1.807) is 6.07 Å². The summed E-state index contributed by atoms with van der Waals surface area (Å²) in [6.07, 6.45) is -4.65. The van der Waals surface area contributed by atoms with Crippen LogP contribution in [-0.4, -0.2) is 10.1 Å². The van der Waals surface area contributed by atoms with Gasteiger partial charge in [-0.3, -0.25) is 0 Å². The largest absolute Gasteiger partial charge is 0.506 e. The molecule has 3 nitrogen and oxygen atoms in total. The van der Waals surface area contributed by atoms with Crippen molar-refractivity contribution in [1.29, 1.82) is 5.26 Å². The molecular formula is C19H11F3N2OS. The number of rotatable bonds is 3. The van der Waals surface area contributed by atoms with Crippen LogP contribution in [0.4, 0.5) is 13.2 Å². The van der Waals surface area contributed by atoms with Crippen molar-refractivity contribution in [2.24, 2.45) is 0 Å². The van der Waals surface area contributed by atoms with E-state index in [4.69, 9.17) is 0 Å². The Morgan fingerprint density at radius 2 is 1.69 bits per heavy atom. The van der Waals surface area contributed by atoms with E-state index < -0.39 is 23.1 Å². The molecule has 1 N–H and O–H groups in total. The third kappa shape index (κ3) is 3.46. The summed E-state index contributed by atoms with van der Waals surface area (Å²) in [6.45, 7) is 0. The Morgan fingerprint density at radius 1 is 1.04 bits per heavy atom. The molecule has 0 spiro atoms. The lowest BCUT2D eigenvalue weighted by Gasteiger charge is -2.12. The van der Waals surface area contributed by atoms with Crippen LogP contribution in [0.15, 0.2) is 60.0 Å². The highest BCUT2D eigenvalue weighted by Gasteiger charge is 2.34. The minimum atomic E-state index is -4.65. The predicted molar refractivity (Wildman–Crippen MR) is 94.0 cm³/mol. The SMILES string of the molecule is N#C/C(=C(/O)c1ccccc1C(F)(F)F)c1csc(-c2ccccc2)n1. The second-order valence-corrected chi connectivity index (χ2v) is 6.14. The Morgan fingerprint density at radius 3 is 2.35 bits per heavy atom. The van der Waals surface area contributed by atoms with Gasteiger partial charge < -0.3 is 5.11 Å². The quantitative estimate of drug-likeness (QED) is 0.468. The van der Waals surface area contributed by atoms with Crippen LogP contribution in [-0.2, 0) is 6.18 Å². The molecule has 0 unspecified atom stereocenters. The molecule has 0 saturated heterocycles. The molecule has 0 saturated carbocycles. The van der Waals surface area contributed by atoms with Gasteiger partial charge in [-0.2, -0.15) is 18.4 Å². The normalized spacial score (nSPS) is 12.4. The first-order chi connectivity index (χ1) is 12.4. The zero-order valence-corrected chi connectivity index (χ0v) is 14.0. The van der Waals surface area contributed by atoms with Gasteiger partial charge in [0.25, 0.3) is 0 Å². The topological polar surface area (TPSA) is 56.9 Å². The van der Waals surface area contributed by atoms with Crippen molar-refractivity contribution in [1.82, 2.24) is 4.98 Å². The Bertz CT molecular complexity index is 1000. The first-order valence-electron chi connectivity index (χ1n) is 7.43. The van der Waals surface area contributed by atoms with E-state index >= 15 is 0 Å². The van der Waals surface area contributed by atoms with Crippen molar-refractivity contribution in [2.75, 3.05) is 0 Å². The standard InChI is InChI=1S/C19H11F3N2OS/c20-19(21,22)15-9-5-4-8-13(15)17(25)14(10-23)16-11-26-18(24-16)12-6-2-1-3-7-12/h1-9,11,25H/b17-14-. The van der Waals surface area contributed by atoms with Gasteiger partial charge in [0.15, 0.2) is 0 Å². The van der Waals surface area contributed by atoms with E-state index in [0.29, 0.717) is 5.01 Å². The van der Waals surface area contributed by atoms with Crippen LogP contribution in [0.3, 0.4) is 0 Å². The molecule has 3 rings (SSSR count). The number of aliphatic hydroxyl groups is 1. The molecule has 0 aliphatic carbocycles. The van der Waals surface area contributed by atoms with Gasteiger partial charge in [-0.1, -0.05) is 48.5 Å². The molecular weight excluding hydrogens is 361 g/mol. The third-order valence-corrected chi connectivity index (χ3v) is 4.51. The first kappa shape index (κ1) is 17.7. The Hall–Kier alpha value is -3.11. The molecule has 0 fully saturated rings. The predicted octanol–water partition coefficient (Wildman–Crippen LogP) is 5.78. The van der Waals surface area contributed by atoms with Gasteiger partial charge in [-0.25, -0.2) is 4.98 Å². The Labute approximate surface area is 151 Å². The Balaban J connectivity index is 2.10. The summed E-state index contributed by atoms with van der Waals surface area (Å²) < 4.78 is 39.5. The van der Waals surface area contributed by atoms with Gasteiger partial charge in [0.1, 0.15) is 22.4 Å². The average Bonchev–Trinajstić information content (AvgIpc) is 3.12. The summed E-state index contributed by atoms with van der Waals surface area (Å²) in [5.74, 6) is -0.745. The van der Waals surface area contributed by atoms with Gasteiger partial charge in [0.2, 0.25) is 0 Å². The molecule has 0 atom stereocenters. The van der Waals surface area contributed by atoms with E-state index in [9.17, 15) is 23.5 Å². The zero-order chi connectivity index (χ0) is 18.7. The van der Waals surface area contributed by atoms with Crippen molar-refractivity contribution in [2.45, 2.75) is 6.18 Å². The highest BCUT2D eigenvalue weighted by atomic mass is 32.1. The maximum atomic E-state index is 13.2. The summed E-state index contributed by atoms with van der Waals surface area (Å²) >= 11 is 1.24. The van der Waals surface area contributed by atoms with Crippen LogP contribution >= 0.6 is 11.3 Å². The maximum Gasteiger partial charge on any atom is 0.417 e. The van der Waals surface area contributed by atoms with Crippen molar-refractivity contribution in [3.05, 3.63) is 76.8 Å². The molecule has 3 aromatic rings. The van der Waals surface area contributed by atoms with Crippen molar-refractivity contribution in [3.63, 3.8) is 0 Å². The van der Waals surface area contributed by atoms with Crippen LogP contribution in [0.5, 0.6) is 0 Å². The number of nitrogens with zero attached hydrogens (tertiary/aromatic N) is 2. The number of hydrogen-bond acceptors (Lipinski definition) is 4. The van der Waals surface area contributed by atoms with Gasteiger partial charge in [-0.15, -0.1) is 11.3 Å².